The van der Waals surface area contributed by atoms with Crippen molar-refractivity contribution in [1.82, 2.24) is 15.0 Å². The third-order valence-electron chi connectivity index (χ3n) is 4.05. The van der Waals surface area contributed by atoms with E-state index in [0.29, 0.717) is 21.9 Å². The number of nitrogens with zero attached hydrogens (tertiary/aromatic N) is 3. The minimum Gasteiger partial charge on any atom is -0.495 e. The van der Waals surface area contributed by atoms with Crippen LogP contribution in [-0.2, 0) is 0 Å². The highest BCUT2D eigenvalue weighted by Crippen LogP contribution is 2.31. The molecule has 3 aromatic rings. The third-order valence-corrected chi connectivity index (χ3v) is 4.43. The molecular weight excluding hydrogens is 370 g/mol. The van der Waals surface area contributed by atoms with E-state index in [-0.39, 0.29) is 23.0 Å². The molecule has 2 N–H and O–H groups in total. The number of rotatable bonds is 5. The van der Waals surface area contributed by atoms with Crippen molar-refractivity contribution in [3.8, 4) is 17.7 Å². The fourth-order valence-electron chi connectivity index (χ4n) is 2.66. The average molecular weight is 386 g/mol. The fourth-order valence-corrected chi connectivity index (χ4v) is 2.95. The average Bonchev–Trinajstić information content (AvgIpc) is 2.68. The molecule has 0 fully saturated rings. The second-order valence-electron chi connectivity index (χ2n) is 5.69. The largest absolute Gasteiger partial charge is 0.495 e. The Morgan fingerprint density at radius 2 is 2.11 bits per heavy atom. The van der Waals surface area contributed by atoms with E-state index in [1.54, 1.807) is 19.1 Å². The number of anilines is 1. The summed E-state index contributed by atoms with van der Waals surface area (Å²) in [6.45, 7) is 1.80. The van der Waals surface area contributed by atoms with E-state index in [4.69, 9.17) is 26.3 Å². The highest BCUT2D eigenvalue weighted by atomic mass is 35.5. The molecule has 2 heterocycles. The molecule has 0 amide bonds. The second kappa shape index (κ2) is 7.51. The molecule has 0 saturated heterocycles. The van der Waals surface area contributed by atoms with Crippen LogP contribution >= 0.6 is 11.6 Å². The molecule has 1 aromatic carbocycles. The molecule has 0 aliphatic carbocycles. The van der Waals surface area contributed by atoms with Crippen molar-refractivity contribution < 1.29 is 9.47 Å². The van der Waals surface area contributed by atoms with Crippen molar-refractivity contribution in [3.63, 3.8) is 0 Å². The summed E-state index contributed by atoms with van der Waals surface area (Å²) >= 11 is 6.27. The molecule has 0 spiro atoms. The summed E-state index contributed by atoms with van der Waals surface area (Å²) in [5, 5.41) is 13.2. The third kappa shape index (κ3) is 3.50. The zero-order valence-electron chi connectivity index (χ0n) is 14.8. The van der Waals surface area contributed by atoms with Gasteiger partial charge in [0.25, 0.3) is 5.56 Å². The molecule has 1 atom stereocenters. The minimum absolute atomic E-state index is 0.161. The van der Waals surface area contributed by atoms with E-state index in [1.165, 1.54) is 20.4 Å². The summed E-state index contributed by atoms with van der Waals surface area (Å²) in [7, 11) is 2.93. The van der Waals surface area contributed by atoms with Crippen LogP contribution in [0.4, 0.5) is 5.95 Å². The number of ether oxygens (including phenoxy) is 2. The Labute approximate surface area is 159 Å². The Bertz CT molecular complexity index is 1110. The number of hydrogen-bond acceptors (Lipinski definition) is 7. The van der Waals surface area contributed by atoms with Gasteiger partial charge in [-0.05, 0) is 25.1 Å². The van der Waals surface area contributed by atoms with Gasteiger partial charge in [0.15, 0.2) is 0 Å². The van der Waals surface area contributed by atoms with E-state index >= 15 is 0 Å². The quantitative estimate of drug-likeness (QED) is 0.693. The van der Waals surface area contributed by atoms with Crippen molar-refractivity contribution >= 4 is 28.5 Å². The van der Waals surface area contributed by atoms with E-state index in [1.807, 2.05) is 12.1 Å². The van der Waals surface area contributed by atoms with Crippen LogP contribution in [-0.4, -0.2) is 29.2 Å². The lowest BCUT2D eigenvalue weighted by Gasteiger charge is -2.15. The summed E-state index contributed by atoms with van der Waals surface area (Å²) in [5.74, 6) is 0.885. The number of fused-ring (bicyclic) bond motifs is 1. The van der Waals surface area contributed by atoms with E-state index < -0.39 is 6.04 Å². The van der Waals surface area contributed by atoms with Crippen molar-refractivity contribution in [2.75, 3.05) is 19.5 Å². The first kappa shape index (κ1) is 18.5. The van der Waals surface area contributed by atoms with Crippen LogP contribution in [0.15, 0.2) is 29.2 Å². The van der Waals surface area contributed by atoms with Gasteiger partial charge in [-0.1, -0.05) is 11.6 Å². The number of pyridine rings is 1. The molecule has 0 aliphatic heterocycles. The maximum atomic E-state index is 12.5. The molecular formula is C18H16ClN5O3. The number of hydrogen-bond donors (Lipinski definition) is 2. The number of halogens is 1. The lowest BCUT2D eigenvalue weighted by atomic mass is 10.1. The molecule has 0 unspecified atom stereocenters. The van der Waals surface area contributed by atoms with Crippen LogP contribution in [0.2, 0.25) is 5.02 Å². The number of H-pyrrole nitrogens is 1. The molecule has 3 rings (SSSR count). The van der Waals surface area contributed by atoms with E-state index in [2.05, 4.69) is 20.3 Å². The van der Waals surface area contributed by atoms with Gasteiger partial charge in [0.2, 0.25) is 11.8 Å². The molecule has 0 aliphatic rings. The molecule has 0 saturated carbocycles. The van der Waals surface area contributed by atoms with Gasteiger partial charge >= 0.3 is 0 Å². The van der Waals surface area contributed by atoms with E-state index in [9.17, 15) is 4.79 Å². The van der Waals surface area contributed by atoms with Crippen molar-refractivity contribution in [1.29, 1.82) is 5.26 Å². The molecule has 2 aromatic heterocycles. The Balaban J connectivity index is 1.96. The topological polar surface area (TPSA) is 113 Å². The maximum Gasteiger partial charge on any atom is 0.253 e. The predicted molar refractivity (Wildman–Crippen MR) is 101 cm³/mol. The highest BCUT2D eigenvalue weighted by molar-refractivity contribution is 6.36. The molecule has 0 bridgehead atoms. The molecule has 8 nitrogen and oxygen atoms in total. The van der Waals surface area contributed by atoms with Gasteiger partial charge in [-0.15, -0.1) is 0 Å². The predicted octanol–water partition coefficient (Wildman–Crippen LogP) is 3.03. The zero-order chi connectivity index (χ0) is 19.6. The standard InChI is InChI=1S/C18H16ClN5O3/c1-9(22-18-21-8-11(7-20)17(24-18)27-3)12-6-10-4-5-13(26-2)14(19)15(10)23-16(12)25/h4-6,8-9H,1-3H3,(H,23,25)(H,21,22,24)/t9-/m0/s1. The first-order chi connectivity index (χ1) is 13.0. The van der Waals surface area contributed by atoms with Crippen LogP contribution < -0.4 is 20.3 Å². The number of benzene rings is 1. The summed E-state index contributed by atoms with van der Waals surface area (Å²) in [6.07, 6.45) is 1.36. The zero-order valence-corrected chi connectivity index (χ0v) is 15.6. The first-order valence-corrected chi connectivity index (χ1v) is 8.33. The Morgan fingerprint density at radius 3 is 2.78 bits per heavy atom. The molecule has 138 valence electrons. The number of nitrogens with one attached hydrogen (secondary N) is 2. The van der Waals surface area contributed by atoms with Gasteiger partial charge in [-0.2, -0.15) is 10.2 Å². The van der Waals surface area contributed by atoms with Crippen LogP contribution in [0.3, 0.4) is 0 Å². The number of nitriles is 1. The van der Waals surface area contributed by atoms with Crippen LogP contribution in [0.1, 0.15) is 24.1 Å². The van der Waals surface area contributed by atoms with Gasteiger partial charge in [0.05, 0.1) is 32.0 Å². The normalized spacial score (nSPS) is 11.7. The highest BCUT2D eigenvalue weighted by Gasteiger charge is 2.16. The van der Waals surface area contributed by atoms with Gasteiger partial charge in [-0.25, -0.2) is 4.98 Å². The number of aromatic amines is 1. The Kier molecular flexibility index (Phi) is 5.14. The smallest absolute Gasteiger partial charge is 0.253 e. The summed E-state index contributed by atoms with van der Waals surface area (Å²) in [6, 6.07) is 6.84. The second-order valence-corrected chi connectivity index (χ2v) is 6.07. The lowest BCUT2D eigenvalue weighted by Crippen LogP contribution is -2.20. The number of aromatic nitrogens is 3. The molecule has 9 heteroatoms. The number of methoxy groups -OCH3 is 2. The maximum absolute atomic E-state index is 12.5. The Morgan fingerprint density at radius 1 is 1.33 bits per heavy atom. The van der Waals surface area contributed by atoms with Gasteiger partial charge in [-0.3, -0.25) is 4.79 Å². The van der Waals surface area contributed by atoms with Crippen molar-refractivity contribution in [2.45, 2.75) is 13.0 Å². The molecule has 0 radical (unpaired) electrons. The lowest BCUT2D eigenvalue weighted by molar-refractivity contribution is 0.396. The first-order valence-electron chi connectivity index (χ1n) is 7.95. The summed E-state index contributed by atoms with van der Waals surface area (Å²) in [4.78, 5) is 23.5. The van der Waals surface area contributed by atoms with Crippen LogP contribution in [0.5, 0.6) is 11.6 Å². The monoisotopic (exact) mass is 385 g/mol. The van der Waals surface area contributed by atoms with Gasteiger partial charge in [0.1, 0.15) is 22.4 Å². The van der Waals surface area contributed by atoms with E-state index in [0.717, 1.165) is 5.39 Å². The van der Waals surface area contributed by atoms with Crippen LogP contribution in [0, 0.1) is 11.3 Å². The summed E-state index contributed by atoms with van der Waals surface area (Å²) in [5.41, 5.74) is 0.921. The van der Waals surface area contributed by atoms with Gasteiger partial charge < -0.3 is 19.8 Å². The van der Waals surface area contributed by atoms with Crippen molar-refractivity contribution in [2.24, 2.45) is 0 Å². The SMILES string of the molecule is COc1ccc2cc([C@H](C)Nc3ncc(C#N)c(OC)n3)c(=O)[nH]c2c1Cl. The van der Waals surface area contributed by atoms with Gasteiger partial charge in [0, 0.05) is 10.9 Å². The summed E-state index contributed by atoms with van der Waals surface area (Å²) < 4.78 is 10.2. The van der Waals surface area contributed by atoms with Crippen molar-refractivity contribution in [3.05, 3.63) is 50.9 Å². The minimum atomic E-state index is -0.406. The fraction of sp³-hybridized carbons (Fsp3) is 0.222. The Hall–Kier alpha value is -3.31. The van der Waals surface area contributed by atoms with Crippen LogP contribution in [0.25, 0.3) is 10.9 Å². The molecule has 27 heavy (non-hydrogen) atoms.